The lowest BCUT2D eigenvalue weighted by Crippen LogP contribution is -2.37. The topological polar surface area (TPSA) is 57.6 Å². The van der Waals surface area contributed by atoms with Gasteiger partial charge in [0.05, 0.1) is 10.8 Å². The fraction of sp³-hybridized carbons (Fsp3) is 0.625. The van der Waals surface area contributed by atoms with E-state index in [2.05, 4.69) is 6.07 Å². The van der Waals surface area contributed by atoms with Crippen molar-refractivity contribution in [2.24, 2.45) is 5.92 Å². The molecular weight excluding hydrogens is 286 g/mol. The van der Waals surface area contributed by atoms with Crippen LogP contribution in [0, 0.1) is 5.92 Å². The van der Waals surface area contributed by atoms with Crippen LogP contribution in [0.4, 0.5) is 0 Å². The van der Waals surface area contributed by atoms with Crippen molar-refractivity contribution in [3.8, 4) is 0 Å². The molecule has 114 valence electrons. The van der Waals surface area contributed by atoms with Gasteiger partial charge < -0.3 is 10.0 Å². The quantitative estimate of drug-likeness (QED) is 0.855. The number of aryl methyl sites for hydroxylation is 2. The fourth-order valence-electron chi connectivity index (χ4n) is 3.47. The average Bonchev–Trinajstić information content (AvgIpc) is 2.96. The molecule has 0 bridgehead atoms. The van der Waals surface area contributed by atoms with Crippen LogP contribution in [-0.4, -0.2) is 34.5 Å². The van der Waals surface area contributed by atoms with E-state index in [-0.39, 0.29) is 11.9 Å². The summed E-state index contributed by atoms with van der Waals surface area (Å²) >= 11 is 1.62. The molecule has 1 aliphatic carbocycles. The molecule has 4 nitrogen and oxygen atoms in total. The first kappa shape index (κ1) is 14.6. The minimum absolute atomic E-state index is 0.0179. The van der Waals surface area contributed by atoms with Crippen LogP contribution >= 0.6 is 11.3 Å². The van der Waals surface area contributed by atoms with E-state index < -0.39 is 11.9 Å². The van der Waals surface area contributed by atoms with Gasteiger partial charge in [0.25, 0.3) is 5.91 Å². The Morgan fingerprint density at radius 3 is 2.76 bits per heavy atom. The summed E-state index contributed by atoms with van der Waals surface area (Å²) in [5.74, 6) is -1.20. The zero-order valence-electron chi connectivity index (χ0n) is 12.3. The van der Waals surface area contributed by atoms with Crippen LogP contribution in [0.15, 0.2) is 6.07 Å². The van der Waals surface area contributed by atoms with Crippen LogP contribution in [0.3, 0.4) is 0 Å². The van der Waals surface area contributed by atoms with E-state index in [1.54, 1.807) is 16.2 Å². The van der Waals surface area contributed by atoms with Crippen molar-refractivity contribution in [2.45, 2.75) is 51.5 Å². The van der Waals surface area contributed by atoms with Crippen molar-refractivity contribution in [1.82, 2.24) is 4.90 Å². The van der Waals surface area contributed by atoms with Crippen LogP contribution in [0.25, 0.3) is 0 Å². The van der Waals surface area contributed by atoms with Gasteiger partial charge in [0.15, 0.2) is 0 Å². The summed E-state index contributed by atoms with van der Waals surface area (Å²) in [5, 5.41) is 9.18. The standard InChI is InChI=1S/C16H21NO3S/c1-10-12(16(19)20)7-8-17(10)15(18)14-9-11-5-3-2-4-6-13(11)21-14/h9-10,12H,2-8H2,1H3,(H,19,20). The van der Waals surface area contributed by atoms with E-state index in [4.69, 9.17) is 0 Å². The second-order valence-corrected chi connectivity index (χ2v) is 7.23. The second kappa shape index (κ2) is 5.79. The van der Waals surface area contributed by atoms with Gasteiger partial charge in [0.1, 0.15) is 0 Å². The summed E-state index contributed by atoms with van der Waals surface area (Å²) in [6, 6.07) is 1.84. The van der Waals surface area contributed by atoms with Gasteiger partial charge in [-0.1, -0.05) is 6.42 Å². The highest BCUT2D eigenvalue weighted by molar-refractivity contribution is 7.14. The lowest BCUT2D eigenvalue weighted by molar-refractivity contribution is -0.142. The predicted molar refractivity (Wildman–Crippen MR) is 81.8 cm³/mol. The fourth-order valence-corrected chi connectivity index (χ4v) is 4.68. The first-order valence-electron chi connectivity index (χ1n) is 7.73. The van der Waals surface area contributed by atoms with Gasteiger partial charge in [0.2, 0.25) is 0 Å². The van der Waals surface area contributed by atoms with Crippen molar-refractivity contribution < 1.29 is 14.7 Å². The molecule has 2 heterocycles. The van der Waals surface area contributed by atoms with E-state index >= 15 is 0 Å². The summed E-state index contributed by atoms with van der Waals surface area (Å²) in [6.07, 6.45) is 6.41. The van der Waals surface area contributed by atoms with Gasteiger partial charge in [-0.2, -0.15) is 0 Å². The molecule has 5 heteroatoms. The number of fused-ring (bicyclic) bond motifs is 1. The van der Waals surface area contributed by atoms with Gasteiger partial charge >= 0.3 is 5.97 Å². The zero-order valence-corrected chi connectivity index (χ0v) is 13.1. The van der Waals surface area contributed by atoms with Gasteiger partial charge in [-0.3, -0.25) is 9.59 Å². The number of hydrogen-bond donors (Lipinski definition) is 1. The Morgan fingerprint density at radius 2 is 2.05 bits per heavy atom. The van der Waals surface area contributed by atoms with Crippen molar-refractivity contribution in [3.05, 3.63) is 21.4 Å². The molecule has 0 spiro atoms. The molecule has 3 rings (SSSR count). The van der Waals surface area contributed by atoms with Crippen LogP contribution in [0.5, 0.6) is 0 Å². The largest absolute Gasteiger partial charge is 0.481 e. The maximum atomic E-state index is 12.7. The molecule has 1 fully saturated rings. The number of likely N-dealkylation sites (tertiary alicyclic amines) is 1. The number of thiophene rings is 1. The average molecular weight is 307 g/mol. The number of carboxylic acids is 1. The maximum absolute atomic E-state index is 12.7. The van der Waals surface area contributed by atoms with E-state index in [0.717, 1.165) is 17.7 Å². The zero-order chi connectivity index (χ0) is 15.0. The van der Waals surface area contributed by atoms with Crippen LogP contribution in [0.1, 0.15) is 52.7 Å². The lowest BCUT2D eigenvalue weighted by atomic mass is 10.0. The van der Waals surface area contributed by atoms with Crippen molar-refractivity contribution in [3.63, 3.8) is 0 Å². The van der Waals surface area contributed by atoms with Crippen molar-refractivity contribution >= 4 is 23.2 Å². The number of rotatable bonds is 2. The highest BCUT2D eigenvalue weighted by atomic mass is 32.1. The molecule has 1 saturated heterocycles. The van der Waals surface area contributed by atoms with Gasteiger partial charge in [-0.15, -0.1) is 11.3 Å². The van der Waals surface area contributed by atoms with Gasteiger partial charge in [-0.25, -0.2) is 0 Å². The Kier molecular flexibility index (Phi) is 4.02. The predicted octanol–water partition coefficient (Wildman–Crippen LogP) is 2.95. The number of carbonyl (C=O) groups is 2. The molecule has 0 aromatic carbocycles. The molecule has 0 saturated carbocycles. The highest BCUT2D eigenvalue weighted by Gasteiger charge is 2.38. The molecule has 2 unspecified atom stereocenters. The Morgan fingerprint density at radius 1 is 1.29 bits per heavy atom. The van der Waals surface area contributed by atoms with E-state index in [1.807, 2.05) is 6.92 Å². The molecule has 1 aliphatic heterocycles. The van der Waals surface area contributed by atoms with E-state index in [0.29, 0.717) is 13.0 Å². The number of amides is 1. The molecule has 1 aromatic rings. The Balaban J connectivity index is 1.78. The Hall–Kier alpha value is -1.36. The number of nitrogens with zero attached hydrogens (tertiary/aromatic N) is 1. The Labute approximate surface area is 128 Å². The molecule has 1 N–H and O–H groups in total. The number of carboxylic acid groups (broad SMARTS) is 1. The number of carbonyl (C=O) groups excluding carboxylic acids is 1. The third kappa shape index (κ3) is 2.71. The summed E-state index contributed by atoms with van der Waals surface area (Å²) < 4.78 is 0. The van der Waals surface area contributed by atoms with Gasteiger partial charge in [0, 0.05) is 17.5 Å². The molecule has 0 radical (unpaired) electrons. The third-order valence-electron chi connectivity index (χ3n) is 4.79. The highest BCUT2D eigenvalue weighted by Crippen LogP contribution is 2.32. The minimum atomic E-state index is -0.792. The van der Waals surface area contributed by atoms with Gasteiger partial charge in [-0.05, 0) is 50.7 Å². The number of aliphatic carboxylic acids is 1. The first-order chi connectivity index (χ1) is 10.1. The summed E-state index contributed by atoms with van der Waals surface area (Å²) in [7, 11) is 0. The molecular formula is C16H21NO3S. The summed E-state index contributed by atoms with van der Waals surface area (Å²) in [6.45, 7) is 2.40. The maximum Gasteiger partial charge on any atom is 0.308 e. The second-order valence-electron chi connectivity index (χ2n) is 6.09. The molecule has 1 amide bonds. The lowest BCUT2D eigenvalue weighted by Gasteiger charge is -2.22. The third-order valence-corrected chi connectivity index (χ3v) is 6.02. The Bertz CT molecular complexity index is 542. The number of hydrogen-bond acceptors (Lipinski definition) is 3. The normalized spacial score (nSPS) is 25.5. The SMILES string of the molecule is CC1C(C(=O)O)CCN1C(=O)c1cc2c(s1)CCCCC2. The monoisotopic (exact) mass is 307 g/mol. The van der Waals surface area contributed by atoms with Crippen LogP contribution < -0.4 is 0 Å². The minimum Gasteiger partial charge on any atom is -0.481 e. The van der Waals surface area contributed by atoms with Crippen LogP contribution in [0.2, 0.25) is 0 Å². The molecule has 2 atom stereocenters. The summed E-state index contributed by atoms with van der Waals surface area (Å²) in [5.41, 5.74) is 1.34. The smallest absolute Gasteiger partial charge is 0.308 e. The van der Waals surface area contributed by atoms with Crippen molar-refractivity contribution in [2.75, 3.05) is 6.54 Å². The van der Waals surface area contributed by atoms with E-state index in [1.165, 1.54) is 29.7 Å². The van der Waals surface area contributed by atoms with Crippen LogP contribution in [-0.2, 0) is 17.6 Å². The molecule has 1 aromatic heterocycles. The molecule has 2 aliphatic rings. The summed E-state index contributed by atoms with van der Waals surface area (Å²) in [4.78, 5) is 27.7. The van der Waals surface area contributed by atoms with E-state index in [9.17, 15) is 14.7 Å². The molecule has 21 heavy (non-hydrogen) atoms. The van der Waals surface area contributed by atoms with Crippen molar-refractivity contribution in [1.29, 1.82) is 0 Å². The first-order valence-corrected chi connectivity index (χ1v) is 8.55.